The normalized spacial score (nSPS) is 28.2. The quantitative estimate of drug-likeness (QED) is 0.166. The Kier molecular flexibility index (Phi) is 6.31. The summed E-state index contributed by atoms with van der Waals surface area (Å²) < 4.78 is 5.90. The molecule has 4 aliphatic heterocycles. The van der Waals surface area contributed by atoms with Crippen LogP contribution in [0.25, 0.3) is 0 Å². The molecule has 42 heavy (non-hydrogen) atoms. The van der Waals surface area contributed by atoms with Crippen LogP contribution >= 0.6 is 0 Å². The van der Waals surface area contributed by atoms with Gasteiger partial charge in [-0.25, -0.2) is 15.3 Å². The molecule has 2 unspecified atom stereocenters. The third-order valence-electron chi connectivity index (χ3n) is 8.74. The standard InChI is InChI=1S/C28H35N9O5/c1-14-6-4-9-17(32-14)23(39)31-12-18-21-27(36-24(29)35-21)28(40,41)19(13-37(27)25(30)33-18)34-22(38)15-7-5-8-16-20(15)42-11-10-26(16,2)3/h4-9,18-19,21,40-41H,10-13H2,1-3H3,(H2,30,33)(H,31,39)(H,34,38)(H3,29,35,36)/p+1/t18-,19?,21-,27?/m0/s1. The number of rotatable bonds is 5. The molecule has 1 saturated heterocycles. The summed E-state index contributed by atoms with van der Waals surface area (Å²) in [7, 11) is 0. The fourth-order valence-corrected chi connectivity index (χ4v) is 6.48. The number of nitrogens with one attached hydrogen (secondary N) is 4. The van der Waals surface area contributed by atoms with Crippen molar-refractivity contribution in [2.24, 2.45) is 16.5 Å². The van der Waals surface area contributed by atoms with Gasteiger partial charge in [0.2, 0.25) is 5.79 Å². The molecule has 10 N–H and O–H groups in total. The Morgan fingerprint density at radius 2 is 1.95 bits per heavy atom. The molecule has 14 heteroatoms. The van der Waals surface area contributed by atoms with Gasteiger partial charge in [-0.15, -0.1) is 0 Å². The van der Waals surface area contributed by atoms with Gasteiger partial charge in [-0.05, 0) is 37.0 Å². The maximum Gasteiger partial charge on any atom is 0.343 e. The first-order valence-electron chi connectivity index (χ1n) is 13.9. The van der Waals surface area contributed by atoms with E-state index in [0.717, 1.165) is 12.0 Å². The third-order valence-corrected chi connectivity index (χ3v) is 8.74. The molecule has 1 spiro atoms. The van der Waals surface area contributed by atoms with E-state index >= 15 is 0 Å². The van der Waals surface area contributed by atoms with Crippen molar-refractivity contribution in [1.29, 1.82) is 0 Å². The highest BCUT2D eigenvalue weighted by Gasteiger charge is 2.76. The number of carbonyl (C=O) groups excluding carboxylic acids is 2. The number of ether oxygens (including phenoxy) is 1. The van der Waals surface area contributed by atoms with E-state index in [1.165, 1.54) is 4.90 Å². The van der Waals surface area contributed by atoms with Crippen molar-refractivity contribution in [2.45, 2.75) is 62.2 Å². The molecule has 0 radical (unpaired) electrons. The van der Waals surface area contributed by atoms with Gasteiger partial charge in [-0.3, -0.25) is 25.2 Å². The van der Waals surface area contributed by atoms with Gasteiger partial charge in [0, 0.05) is 17.8 Å². The Morgan fingerprint density at radius 1 is 1.19 bits per heavy atom. The lowest BCUT2D eigenvalue weighted by Gasteiger charge is -2.46. The Morgan fingerprint density at radius 3 is 2.71 bits per heavy atom. The van der Waals surface area contributed by atoms with E-state index < -0.39 is 41.4 Å². The number of aryl methyl sites for hydroxylation is 1. The summed E-state index contributed by atoms with van der Waals surface area (Å²) in [6.07, 6.45) is 0.807. The molecule has 1 aromatic carbocycles. The molecule has 0 saturated carbocycles. The Bertz CT molecular complexity index is 1520. The number of aliphatic imine (C=N–C) groups is 1. The summed E-state index contributed by atoms with van der Waals surface area (Å²) in [5, 5.41) is 32.1. The van der Waals surface area contributed by atoms with Gasteiger partial charge in [-0.1, -0.05) is 32.0 Å². The van der Waals surface area contributed by atoms with Crippen molar-refractivity contribution in [1.82, 2.24) is 25.8 Å². The number of nitrogens with two attached hydrogens (primary N) is 2. The van der Waals surface area contributed by atoms with Crippen molar-refractivity contribution in [3.63, 3.8) is 0 Å². The summed E-state index contributed by atoms with van der Waals surface area (Å²) in [4.78, 5) is 39.7. The average molecular weight is 579 g/mol. The number of guanidine groups is 2. The van der Waals surface area contributed by atoms with Crippen molar-refractivity contribution in [3.8, 4) is 5.75 Å². The second-order valence-corrected chi connectivity index (χ2v) is 11.9. The molecule has 2 aromatic rings. The number of carbonyl (C=O) groups is 2. The van der Waals surface area contributed by atoms with Crippen LogP contribution in [0.2, 0.25) is 0 Å². The van der Waals surface area contributed by atoms with Gasteiger partial charge < -0.3 is 31.3 Å². The van der Waals surface area contributed by atoms with E-state index in [1.54, 1.807) is 37.3 Å². The largest absolute Gasteiger partial charge is 0.492 e. The van der Waals surface area contributed by atoms with Crippen LogP contribution in [-0.2, 0) is 5.41 Å². The van der Waals surface area contributed by atoms with Gasteiger partial charge in [0.1, 0.15) is 23.5 Å². The van der Waals surface area contributed by atoms with Crippen LogP contribution in [0.5, 0.6) is 5.75 Å². The zero-order valence-corrected chi connectivity index (χ0v) is 23.6. The predicted molar refractivity (Wildman–Crippen MR) is 151 cm³/mol. The molecule has 2 amide bonds. The molecule has 0 bridgehead atoms. The summed E-state index contributed by atoms with van der Waals surface area (Å²) in [5.74, 6) is -2.98. The number of para-hydroxylation sites is 1. The summed E-state index contributed by atoms with van der Waals surface area (Å²) in [6, 6.07) is 7.67. The minimum Gasteiger partial charge on any atom is -0.492 e. The number of benzene rings is 1. The Hall–Kier alpha value is -4.43. The second-order valence-electron chi connectivity index (χ2n) is 11.9. The maximum absolute atomic E-state index is 13.6. The fourth-order valence-electron chi connectivity index (χ4n) is 6.48. The minimum atomic E-state index is -2.59. The number of aromatic nitrogens is 1. The second kappa shape index (κ2) is 9.56. The lowest BCUT2D eigenvalue weighted by molar-refractivity contribution is -0.521. The van der Waals surface area contributed by atoms with E-state index in [2.05, 4.69) is 44.8 Å². The number of pyridine rings is 1. The fraction of sp³-hybridized carbons (Fsp3) is 0.464. The van der Waals surface area contributed by atoms with Crippen LogP contribution < -0.4 is 37.1 Å². The molecule has 5 heterocycles. The van der Waals surface area contributed by atoms with Crippen molar-refractivity contribution < 1.29 is 29.5 Å². The first-order valence-corrected chi connectivity index (χ1v) is 13.9. The molecule has 4 aliphatic rings. The van der Waals surface area contributed by atoms with Gasteiger partial charge in [0.25, 0.3) is 17.5 Å². The minimum absolute atomic E-state index is 0.00502. The lowest BCUT2D eigenvalue weighted by Crippen LogP contribution is -2.90. The van der Waals surface area contributed by atoms with Crippen molar-refractivity contribution >= 4 is 23.7 Å². The first kappa shape index (κ1) is 27.7. The smallest absolute Gasteiger partial charge is 0.343 e. The predicted octanol–water partition coefficient (Wildman–Crippen LogP) is -3.26. The van der Waals surface area contributed by atoms with Crippen LogP contribution in [0.4, 0.5) is 0 Å². The zero-order chi connectivity index (χ0) is 30.0. The summed E-state index contributed by atoms with van der Waals surface area (Å²) in [6.45, 7) is 6.34. The number of hydrogen-bond donors (Lipinski definition) is 8. The average Bonchev–Trinajstić information content (AvgIpc) is 3.40. The van der Waals surface area contributed by atoms with E-state index in [9.17, 15) is 19.8 Å². The van der Waals surface area contributed by atoms with E-state index in [-0.39, 0.29) is 36.1 Å². The van der Waals surface area contributed by atoms with E-state index in [1.807, 2.05) is 6.07 Å². The molecule has 6 rings (SSSR count). The zero-order valence-electron chi connectivity index (χ0n) is 23.6. The molecule has 222 valence electrons. The Labute approximate surface area is 242 Å². The highest BCUT2D eigenvalue weighted by atomic mass is 16.5. The van der Waals surface area contributed by atoms with Crippen LogP contribution in [0, 0.1) is 6.92 Å². The van der Waals surface area contributed by atoms with Gasteiger partial charge in [0.05, 0.1) is 18.7 Å². The van der Waals surface area contributed by atoms with Crippen LogP contribution in [0.15, 0.2) is 41.4 Å². The third kappa shape index (κ3) is 4.12. The summed E-state index contributed by atoms with van der Waals surface area (Å²) >= 11 is 0. The van der Waals surface area contributed by atoms with Crippen LogP contribution in [0.1, 0.15) is 52.4 Å². The summed E-state index contributed by atoms with van der Waals surface area (Å²) in [5.41, 5.74) is 12.8. The highest BCUT2D eigenvalue weighted by molar-refractivity contribution is 5.98. The SMILES string of the molecule is Cc1cccc(C(=O)NC[C@@H]2N=C(N)N3CC(NC(=O)c4cccc5c4OCCC5(C)C)C(O)(O)C34NC(N)=[NH+][C@@H]24)n1. The monoisotopic (exact) mass is 578 g/mol. The number of fused-ring (bicyclic) bond motifs is 1. The number of amides is 2. The van der Waals surface area contributed by atoms with Gasteiger partial charge in [0.15, 0.2) is 12.0 Å². The van der Waals surface area contributed by atoms with Crippen molar-refractivity contribution in [3.05, 3.63) is 58.9 Å². The molecular weight excluding hydrogens is 542 g/mol. The first-order chi connectivity index (χ1) is 19.8. The van der Waals surface area contributed by atoms with Crippen molar-refractivity contribution in [2.75, 3.05) is 19.7 Å². The lowest BCUT2D eigenvalue weighted by atomic mass is 9.79. The van der Waals surface area contributed by atoms with Gasteiger partial charge >= 0.3 is 5.96 Å². The van der Waals surface area contributed by atoms with Crippen LogP contribution in [-0.4, -0.2) is 93.1 Å². The molecule has 4 atom stereocenters. The molecule has 0 aliphatic carbocycles. The van der Waals surface area contributed by atoms with E-state index in [0.29, 0.717) is 23.6 Å². The van der Waals surface area contributed by atoms with E-state index in [4.69, 9.17) is 16.2 Å². The Balaban J connectivity index is 1.26. The highest BCUT2D eigenvalue weighted by Crippen LogP contribution is 2.43. The molecule has 1 fully saturated rings. The molecule has 1 aromatic heterocycles. The number of nitrogens with zero attached hydrogens (tertiary/aromatic N) is 3. The number of aliphatic hydroxyl groups is 2. The maximum atomic E-state index is 13.6. The van der Waals surface area contributed by atoms with Crippen LogP contribution in [0.3, 0.4) is 0 Å². The number of hydrogen-bond acceptors (Lipinski definition) is 11. The molecular formula is C28H36N9O5+. The van der Waals surface area contributed by atoms with Gasteiger partial charge in [-0.2, -0.15) is 0 Å². The topological polar surface area (TPSA) is 214 Å². The molecule has 14 nitrogen and oxygen atoms in total.